The van der Waals surface area contributed by atoms with Gasteiger partial charge in [0.05, 0.1) is 0 Å². The maximum atomic E-state index is 13.9. The third kappa shape index (κ3) is 4.02. The fourth-order valence-electron chi connectivity index (χ4n) is 1.79. The Balaban J connectivity index is 2.02. The van der Waals surface area contributed by atoms with Crippen molar-refractivity contribution in [2.24, 2.45) is 0 Å². The molecule has 0 atom stereocenters. The fourth-order valence-corrected chi connectivity index (χ4v) is 2.45. The van der Waals surface area contributed by atoms with Gasteiger partial charge in [-0.3, -0.25) is 0 Å². The van der Waals surface area contributed by atoms with Crippen molar-refractivity contribution in [3.63, 3.8) is 0 Å². The zero-order chi connectivity index (χ0) is 14.4. The van der Waals surface area contributed by atoms with Gasteiger partial charge in [-0.2, -0.15) is 11.3 Å². The second-order valence-corrected chi connectivity index (χ2v) is 5.27. The first-order valence-electron chi connectivity index (χ1n) is 6.53. The van der Waals surface area contributed by atoms with Crippen molar-refractivity contribution in [2.45, 2.75) is 26.5 Å². The smallest absolute Gasteiger partial charge is 0.191 e. The van der Waals surface area contributed by atoms with E-state index >= 15 is 0 Å². The van der Waals surface area contributed by atoms with Crippen molar-refractivity contribution in [3.8, 4) is 5.75 Å². The summed E-state index contributed by atoms with van der Waals surface area (Å²) in [5, 5.41) is 6.89. The van der Waals surface area contributed by atoms with Crippen LogP contribution in [0.3, 0.4) is 0 Å². The van der Waals surface area contributed by atoms with E-state index in [9.17, 15) is 8.78 Å². The van der Waals surface area contributed by atoms with Crippen molar-refractivity contribution in [1.29, 1.82) is 0 Å². The zero-order valence-corrected chi connectivity index (χ0v) is 12.1. The van der Waals surface area contributed by atoms with E-state index in [-0.39, 0.29) is 12.4 Å². The van der Waals surface area contributed by atoms with Gasteiger partial charge in [0.25, 0.3) is 0 Å². The largest absolute Gasteiger partial charge is 0.483 e. The van der Waals surface area contributed by atoms with Gasteiger partial charge < -0.3 is 10.1 Å². The lowest BCUT2D eigenvalue weighted by molar-refractivity contribution is 0.274. The molecule has 0 aliphatic carbocycles. The van der Waals surface area contributed by atoms with Crippen LogP contribution in [0.2, 0.25) is 0 Å². The van der Waals surface area contributed by atoms with E-state index in [4.69, 9.17) is 4.74 Å². The number of rotatable bonds is 7. The van der Waals surface area contributed by atoms with Crippen LogP contribution < -0.4 is 10.1 Å². The second-order valence-electron chi connectivity index (χ2n) is 4.49. The Morgan fingerprint density at radius 1 is 1.20 bits per heavy atom. The summed E-state index contributed by atoms with van der Waals surface area (Å²) < 4.78 is 32.9. The first-order chi connectivity index (χ1) is 9.70. The molecule has 0 saturated heterocycles. The molecule has 2 nitrogen and oxygen atoms in total. The third-order valence-electron chi connectivity index (χ3n) is 2.78. The fraction of sp³-hybridized carbons (Fsp3) is 0.333. The molecule has 0 amide bonds. The Morgan fingerprint density at radius 3 is 2.55 bits per heavy atom. The molecule has 0 aliphatic rings. The molecule has 108 valence electrons. The van der Waals surface area contributed by atoms with Gasteiger partial charge in [0, 0.05) is 6.54 Å². The average Bonchev–Trinajstić information content (AvgIpc) is 2.91. The Hall–Kier alpha value is -1.46. The molecule has 0 unspecified atom stereocenters. The summed E-state index contributed by atoms with van der Waals surface area (Å²) >= 11 is 1.52. The molecule has 5 heteroatoms. The number of benzene rings is 1. The highest BCUT2D eigenvalue weighted by Crippen LogP contribution is 2.24. The summed E-state index contributed by atoms with van der Waals surface area (Å²) in [6.07, 6.45) is 0.979. The molecule has 0 fully saturated rings. The minimum absolute atomic E-state index is 0.171. The van der Waals surface area contributed by atoms with E-state index in [1.54, 1.807) is 0 Å². The lowest BCUT2D eigenvalue weighted by atomic mass is 10.2. The lowest BCUT2D eigenvalue weighted by Crippen LogP contribution is -2.14. The van der Waals surface area contributed by atoms with Crippen LogP contribution in [0.15, 0.2) is 29.0 Å². The highest BCUT2D eigenvalue weighted by atomic mass is 32.1. The minimum Gasteiger partial charge on any atom is -0.483 e. The summed E-state index contributed by atoms with van der Waals surface area (Å²) in [6, 6.07) is 4.49. The molecule has 2 rings (SSSR count). The summed E-state index contributed by atoms with van der Waals surface area (Å²) in [5.41, 5.74) is 1.49. The summed E-state index contributed by atoms with van der Waals surface area (Å²) in [6.45, 7) is 3.48. The van der Waals surface area contributed by atoms with E-state index in [0.29, 0.717) is 12.1 Å². The maximum Gasteiger partial charge on any atom is 0.191 e. The average molecular weight is 297 g/mol. The molecule has 2 aromatic rings. The van der Waals surface area contributed by atoms with E-state index in [1.807, 2.05) is 23.8 Å². The molecule has 0 saturated carbocycles. The van der Waals surface area contributed by atoms with Gasteiger partial charge >= 0.3 is 0 Å². The van der Waals surface area contributed by atoms with Crippen LogP contribution in [0.1, 0.15) is 24.5 Å². The molecule has 1 heterocycles. The Bertz CT molecular complexity index is 520. The van der Waals surface area contributed by atoms with Crippen LogP contribution in [-0.2, 0) is 13.2 Å². The van der Waals surface area contributed by atoms with E-state index in [1.165, 1.54) is 23.5 Å². The summed E-state index contributed by atoms with van der Waals surface area (Å²) in [5.74, 6) is -1.63. The maximum absolute atomic E-state index is 13.9. The van der Waals surface area contributed by atoms with Crippen LogP contribution >= 0.6 is 11.3 Å². The van der Waals surface area contributed by atoms with Gasteiger partial charge in [-0.1, -0.05) is 6.92 Å². The molecule has 1 aromatic carbocycles. The molecule has 0 radical (unpaired) electrons. The van der Waals surface area contributed by atoms with Gasteiger partial charge in [-0.25, -0.2) is 8.78 Å². The van der Waals surface area contributed by atoms with Gasteiger partial charge in [0.2, 0.25) is 0 Å². The Labute approximate surface area is 121 Å². The third-order valence-corrected chi connectivity index (χ3v) is 3.51. The zero-order valence-electron chi connectivity index (χ0n) is 11.3. The molecule has 1 aromatic heterocycles. The molecule has 0 bridgehead atoms. The van der Waals surface area contributed by atoms with Crippen LogP contribution in [0, 0.1) is 11.6 Å². The Morgan fingerprint density at radius 2 is 1.95 bits per heavy atom. The molecule has 0 spiro atoms. The highest BCUT2D eigenvalue weighted by molar-refractivity contribution is 7.07. The van der Waals surface area contributed by atoms with Crippen LogP contribution in [0.5, 0.6) is 5.75 Å². The van der Waals surface area contributed by atoms with E-state index < -0.39 is 11.6 Å². The molecular formula is C15H17F2NOS. The standard InChI is InChI=1S/C15H17F2NOS/c1-2-4-18-8-12-6-13(16)15(14(17)7-12)19-9-11-3-5-20-10-11/h3,5-7,10,18H,2,4,8-9H2,1H3. The minimum atomic E-state index is -0.659. The molecule has 0 aliphatic heterocycles. The molecule has 20 heavy (non-hydrogen) atoms. The predicted molar refractivity (Wildman–Crippen MR) is 77.0 cm³/mol. The van der Waals surface area contributed by atoms with Gasteiger partial charge in [0.15, 0.2) is 17.4 Å². The normalized spacial score (nSPS) is 10.8. The van der Waals surface area contributed by atoms with Gasteiger partial charge in [-0.05, 0) is 53.1 Å². The van der Waals surface area contributed by atoms with Crippen LogP contribution in [-0.4, -0.2) is 6.54 Å². The number of thiophene rings is 1. The quantitative estimate of drug-likeness (QED) is 0.777. The summed E-state index contributed by atoms with van der Waals surface area (Å²) in [7, 11) is 0. The second kappa shape index (κ2) is 7.36. The topological polar surface area (TPSA) is 21.3 Å². The lowest BCUT2D eigenvalue weighted by Gasteiger charge is -2.10. The van der Waals surface area contributed by atoms with Crippen molar-refractivity contribution < 1.29 is 13.5 Å². The van der Waals surface area contributed by atoms with Crippen LogP contribution in [0.4, 0.5) is 8.78 Å². The Kier molecular flexibility index (Phi) is 5.49. The monoisotopic (exact) mass is 297 g/mol. The van der Waals surface area contributed by atoms with E-state index in [0.717, 1.165) is 18.5 Å². The van der Waals surface area contributed by atoms with Crippen molar-refractivity contribution >= 4 is 11.3 Å². The van der Waals surface area contributed by atoms with Crippen LogP contribution in [0.25, 0.3) is 0 Å². The van der Waals surface area contributed by atoms with E-state index in [2.05, 4.69) is 5.32 Å². The van der Waals surface area contributed by atoms with Crippen molar-refractivity contribution in [2.75, 3.05) is 6.54 Å². The number of hydrogen-bond donors (Lipinski definition) is 1. The van der Waals surface area contributed by atoms with Gasteiger partial charge in [0.1, 0.15) is 6.61 Å². The summed E-state index contributed by atoms with van der Waals surface area (Å²) in [4.78, 5) is 0. The van der Waals surface area contributed by atoms with Crippen molar-refractivity contribution in [3.05, 3.63) is 51.7 Å². The molecular weight excluding hydrogens is 280 g/mol. The van der Waals surface area contributed by atoms with Gasteiger partial charge in [-0.15, -0.1) is 0 Å². The number of nitrogens with one attached hydrogen (secondary N) is 1. The highest BCUT2D eigenvalue weighted by Gasteiger charge is 2.13. The first-order valence-corrected chi connectivity index (χ1v) is 7.47. The SMILES string of the molecule is CCCNCc1cc(F)c(OCc2ccsc2)c(F)c1. The number of ether oxygens (including phenoxy) is 1. The predicted octanol–water partition coefficient (Wildman–Crippen LogP) is 4.10. The molecule has 1 N–H and O–H groups in total. The number of halogens is 2. The first kappa shape index (κ1) is 14.9. The number of hydrogen-bond acceptors (Lipinski definition) is 3. The van der Waals surface area contributed by atoms with Crippen molar-refractivity contribution in [1.82, 2.24) is 5.32 Å².